The van der Waals surface area contributed by atoms with E-state index in [-0.39, 0.29) is 11.0 Å². The van der Waals surface area contributed by atoms with Gasteiger partial charge in [0, 0.05) is 0 Å². The van der Waals surface area contributed by atoms with E-state index in [4.69, 9.17) is 16.6 Å². The summed E-state index contributed by atoms with van der Waals surface area (Å²) >= 11 is 0. The lowest BCUT2D eigenvalue weighted by Gasteiger charge is -2.16. The van der Waals surface area contributed by atoms with Crippen LogP contribution in [0.15, 0.2) is 0 Å². The summed E-state index contributed by atoms with van der Waals surface area (Å²) in [7, 11) is 0. The Bertz CT molecular complexity index is 215. The Kier molecular flexibility index (Phi) is 11.5. The molecule has 0 fully saturated rings. The molecule has 0 aliphatic rings. The normalized spacial score (nSPS) is 8.13. The average Bonchev–Trinajstić information content (AvgIpc) is 2.11. The second-order valence-electron chi connectivity index (χ2n) is 2.18. The van der Waals surface area contributed by atoms with Crippen LogP contribution in [-0.4, -0.2) is 58.4 Å². The lowest BCUT2D eigenvalue weighted by Crippen LogP contribution is -2.46. The third kappa shape index (κ3) is 6.51. The summed E-state index contributed by atoms with van der Waals surface area (Å²) in [5.74, 6) is -2.79. The fourth-order valence-electron chi connectivity index (χ4n) is 0.671. The molecule has 90 valence electrons. The molecule has 0 radical (unpaired) electrons. The minimum atomic E-state index is -1.29. The van der Waals surface area contributed by atoms with Crippen molar-refractivity contribution in [2.75, 3.05) is 19.6 Å². The predicted octanol–water partition coefficient (Wildman–Crippen LogP) is -4.31. The van der Waals surface area contributed by atoms with E-state index in [1.165, 1.54) is 0 Å². The summed E-state index contributed by atoms with van der Waals surface area (Å²) < 4.78 is 0. The molecule has 0 atom stereocenters. The van der Waals surface area contributed by atoms with E-state index in [1.807, 2.05) is 0 Å². The molecule has 15 heavy (non-hydrogen) atoms. The van der Waals surface area contributed by atoms with E-state index in [1.54, 1.807) is 0 Å². The third-order valence-electron chi connectivity index (χ3n) is 1.24. The maximum Gasteiger partial charge on any atom is 0.323 e. The molecule has 0 bridgehead atoms. The lowest BCUT2D eigenvalue weighted by molar-refractivity contribution is -0.151. The van der Waals surface area contributed by atoms with Gasteiger partial charge in [-0.15, -0.1) is 0 Å². The smallest absolute Gasteiger partial charge is 0.323 e. The minimum Gasteiger partial charge on any atom is -0.480 e. The number of imide groups is 1. The number of carbonyl (C=O) groups is 3. The molecule has 0 rings (SSSR count). The van der Waals surface area contributed by atoms with Crippen molar-refractivity contribution in [1.29, 1.82) is 0 Å². The molecule has 0 aliphatic heterocycles. The van der Waals surface area contributed by atoms with Gasteiger partial charge in [-0.25, -0.2) is 0 Å². The number of rotatable bonds is 4. The average molecular weight is 225 g/mol. The van der Waals surface area contributed by atoms with Crippen molar-refractivity contribution in [3.8, 4) is 0 Å². The largest absolute Gasteiger partial charge is 0.480 e. The van der Waals surface area contributed by atoms with Gasteiger partial charge in [0.1, 0.15) is 6.54 Å². The van der Waals surface area contributed by atoms with Gasteiger partial charge in [0.2, 0.25) is 11.8 Å². The summed E-state index contributed by atoms with van der Waals surface area (Å²) in [5, 5.41) is 8.34. The highest BCUT2D eigenvalue weighted by Gasteiger charge is 2.21. The van der Waals surface area contributed by atoms with Crippen LogP contribution in [0.25, 0.3) is 0 Å². The molecule has 0 aliphatic carbocycles. The first-order chi connectivity index (χ1) is 6.02. The molecule has 9 N–H and O–H groups in total. The molecule has 0 aromatic heterocycles. The molecular weight excluding hydrogens is 210 g/mol. The number of nitrogens with two attached hydrogens (primary N) is 2. The first-order valence-corrected chi connectivity index (χ1v) is 3.48. The molecule has 0 spiro atoms. The second kappa shape index (κ2) is 9.02. The molecule has 0 unspecified atom stereocenters. The van der Waals surface area contributed by atoms with Gasteiger partial charge in [-0.1, -0.05) is 0 Å². The van der Waals surface area contributed by atoms with Crippen LogP contribution in [0.4, 0.5) is 0 Å². The second-order valence-corrected chi connectivity index (χ2v) is 2.18. The van der Waals surface area contributed by atoms with Gasteiger partial charge < -0.3 is 27.5 Å². The number of carboxylic acid groups (broad SMARTS) is 1. The summed E-state index contributed by atoms with van der Waals surface area (Å²) in [4.78, 5) is 32.6. The Morgan fingerprint density at radius 2 is 1.33 bits per heavy atom. The topological polar surface area (TPSA) is 190 Å². The van der Waals surface area contributed by atoms with Crippen molar-refractivity contribution in [2.24, 2.45) is 11.5 Å². The lowest BCUT2D eigenvalue weighted by atomic mass is 10.4. The van der Waals surface area contributed by atoms with Crippen molar-refractivity contribution in [3.05, 3.63) is 0 Å². The summed E-state index contributed by atoms with van der Waals surface area (Å²) in [6.45, 7) is -1.54. The minimum absolute atomic E-state index is 0. The zero-order chi connectivity index (χ0) is 10.4. The third-order valence-corrected chi connectivity index (χ3v) is 1.24. The number of amides is 2. The van der Waals surface area contributed by atoms with E-state index in [2.05, 4.69) is 0 Å². The molecular formula is C6H15N3O6. The van der Waals surface area contributed by atoms with Crippen LogP contribution < -0.4 is 11.5 Å². The van der Waals surface area contributed by atoms with Crippen LogP contribution in [0.3, 0.4) is 0 Å². The summed E-state index contributed by atoms with van der Waals surface area (Å²) in [6, 6.07) is 0. The monoisotopic (exact) mass is 225 g/mol. The van der Waals surface area contributed by atoms with E-state index in [0.29, 0.717) is 4.90 Å². The molecule has 0 heterocycles. The fourth-order valence-corrected chi connectivity index (χ4v) is 0.671. The van der Waals surface area contributed by atoms with E-state index in [9.17, 15) is 14.4 Å². The number of hydrogen-bond donors (Lipinski definition) is 3. The number of carboxylic acids is 1. The zero-order valence-corrected chi connectivity index (χ0v) is 7.90. The van der Waals surface area contributed by atoms with Crippen LogP contribution in [0, 0.1) is 0 Å². The summed E-state index contributed by atoms with van der Waals surface area (Å²) in [6.07, 6.45) is 0. The number of carbonyl (C=O) groups excluding carboxylic acids is 2. The number of aliphatic carboxylic acids is 1. The van der Waals surface area contributed by atoms with Gasteiger partial charge in [-0.05, 0) is 0 Å². The molecule has 0 saturated heterocycles. The molecule has 0 aromatic carbocycles. The SMILES string of the molecule is NCC(=O)N(CC(=O)O)C(=O)CN.O.O. The maximum absolute atomic E-state index is 10.9. The van der Waals surface area contributed by atoms with Crippen LogP contribution in [0.1, 0.15) is 0 Å². The molecule has 0 aromatic rings. The van der Waals surface area contributed by atoms with E-state index >= 15 is 0 Å². The number of hydrogen-bond acceptors (Lipinski definition) is 5. The van der Waals surface area contributed by atoms with Crippen LogP contribution >= 0.6 is 0 Å². The highest BCUT2D eigenvalue weighted by Crippen LogP contribution is 1.89. The van der Waals surface area contributed by atoms with Gasteiger partial charge >= 0.3 is 5.97 Å². The fraction of sp³-hybridized carbons (Fsp3) is 0.500. The maximum atomic E-state index is 10.9. The van der Waals surface area contributed by atoms with Crippen LogP contribution in [0.5, 0.6) is 0 Å². The van der Waals surface area contributed by atoms with Gasteiger partial charge in [0.05, 0.1) is 13.1 Å². The molecule has 2 amide bonds. The Balaban J connectivity index is -0.000000720. The van der Waals surface area contributed by atoms with Crippen molar-refractivity contribution in [1.82, 2.24) is 4.90 Å². The van der Waals surface area contributed by atoms with Crippen molar-refractivity contribution in [3.63, 3.8) is 0 Å². The van der Waals surface area contributed by atoms with Crippen LogP contribution in [-0.2, 0) is 14.4 Å². The van der Waals surface area contributed by atoms with Crippen molar-refractivity contribution in [2.45, 2.75) is 0 Å². The Labute approximate surface area is 85.2 Å². The van der Waals surface area contributed by atoms with Gasteiger partial charge in [-0.2, -0.15) is 0 Å². The van der Waals surface area contributed by atoms with E-state index < -0.39 is 37.4 Å². The first-order valence-electron chi connectivity index (χ1n) is 3.48. The van der Waals surface area contributed by atoms with Gasteiger partial charge in [0.25, 0.3) is 0 Å². The molecule has 9 nitrogen and oxygen atoms in total. The van der Waals surface area contributed by atoms with E-state index in [0.717, 1.165) is 0 Å². The standard InChI is InChI=1S/C6H11N3O4.2H2O/c7-1-4(10)9(3-6(12)13)5(11)2-8;;/h1-3,7-8H2,(H,12,13);2*1H2. The predicted molar refractivity (Wildman–Crippen MR) is 49.7 cm³/mol. The van der Waals surface area contributed by atoms with Gasteiger partial charge in [-0.3, -0.25) is 19.3 Å². The quantitative estimate of drug-likeness (QED) is 0.433. The Morgan fingerprint density at radius 3 is 1.53 bits per heavy atom. The molecule has 9 heteroatoms. The highest BCUT2D eigenvalue weighted by molar-refractivity contribution is 5.99. The zero-order valence-electron chi connectivity index (χ0n) is 7.90. The first kappa shape index (κ1) is 19.1. The summed E-state index contributed by atoms with van der Waals surface area (Å²) in [5.41, 5.74) is 9.93. The van der Waals surface area contributed by atoms with Crippen molar-refractivity contribution < 1.29 is 30.4 Å². The molecule has 0 saturated carbocycles. The Morgan fingerprint density at radius 1 is 1.00 bits per heavy atom. The van der Waals surface area contributed by atoms with Crippen molar-refractivity contribution >= 4 is 17.8 Å². The number of nitrogens with zero attached hydrogens (tertiary/aromatic N) is 1. The highest BCUT2D eigenvalue weighted by atomic mass is 16.4. The van der Waals surface area contributed by atoms with Gasteiger partial charge in [0.15, 0.2) is 0 Å². The Hall–Kier alpha value is -1.55. The van der Waals surface area contributed by atoms with Crippen LogP contribution in [0.2, 0.25) is 0 Å².